The Balaban J connectivity index is 3.59. The summed E-state index contributed by atoms with van der Waals surface area (Å²) in [6, 6.07) is 0. The van der Waals surface area contributed by atoms with Crippen molar-refractivity contribution in [2.24, 2.45) is 7.05 Å². The summed E-state index contributed by atoms with van der Waals surface area (Å²) in [4.78, 5) is 13.9. The number of aryl methyl sites for hydroxylation is 1. The number of nitrogens with one attached hydrogen (secondary N) is 1. The van der Waals surface area contributed by atoms with E-state index in [1.165, 1.54) is 0 Å². The number of rotatable bonds is 0. The lowest BCUT2D eigenvalue weighted by atomic mass is 10.3. The minimum atomic E-state index is -0.00407. The molecule has 0 aromatic carbocycles. The van der Waals surface area contributed by atoms with E-state index in [9.17, 15) is 4.79 Å². The highest BCUT2D eigenvalue weighted by Gasteiger charge is 2.11. The fourth-order valence-electron chi connectivity index (χ4n) is 1.01. The lowest BCUT2D eigenvalue weighted by Crippen LogP contribution is -2.42. The number of hydrogen-bond acceptors (Lipinski definition) is 1. The van der Waals surface area contributed by atoms with E-state index in [4.69, 9.17) is 0 Å². The normalized spacial score (nSPS) is 10.2. The SMILES string of the molecule is Cc1[nH]c(=O)c(C)[n+](C)c1C. The van der Waals surface area contributed by atoms with Crippen molar-refractivity contribution in [3.05, 3.63) is 27.4 Å². The average molecular weight is 153 g/mol. The number of H-pyrrole nitrogens is 1. The summed E-state index contributed by atoms with van der Waals surface area (Å²) in [5.74, 6) is 0. The zero-order chi connectivity index (χ0) is 8.59. The van der Waals surface area contributed by atoms with E-state index in [-0.39, 0.29) is 5.56 Å². The molecule has 1 aromatic heterocycles. The molecular weight excluding hydrogens is 140 g/mol. The van der Waals surface area contributed by atoms with Gasteiger partial charge >= 0.3 is 5.56 Å². The Bertz CT molecular complexity index is 339. The van der Waals surface area contributed by atoms with Crippen molar-refractivity contribution in [2.45, 2.75) is 20.8 Å². The van der Waals surface area contributed by atoms with Gasteiger partial charge in [-0.3, -0.25) is 4.79 Å². The predicted octanol–water partition coefficient (Wildman–Crippen LogP) is 0.125. The predicted molar refractivity (Wildman–Crippen MR) is 42.4 cm³/mol. The van der Waals surface area contributed by atoms with Crippen LogP contribution in [0.4, 0.5) is 0 Å². The maximum atomic E-state index is 11.1. The van der Waals surface area contributed by atoms with Gasteiger partial charge in [-0.2, -0.15) is 4.57 Å². The number of nitrogens with zero attached hydrogens (tertiary/aromatic N) is 1. The molecule has 0 unspecified atom stereocenters. The maximum Gasteiger partial charge on any atom is 0.315 e. The molecule has 0 amide bonds. The summed E-state index contributed by atoms with van der Waals surface area (Å²) < 4.78 is 1.90. The van der Waals surface area contributed by atoms with Gasteiger partial charge in [0.05, 0.1) is 5.69 Å². The highest BCUT2D eigenvalue weighted by Crippen LogP contribution is 1.92. The van der Waals surface area contributed by atoms with Crippen molar-refractivity contribution in [3.63, 3.8) is 0 Å². The van der Waals surface area contributed by atoms with Crippen LogP contribution in [0.25, 0.3) is 0 Å². The highest BCUT2D eigenvalue weighted by molar-refractivity contribution is 5.02. The molecule has 0 aliphatic heterocycles. The van der Waals surface area contributed by atoms with E-state index in [0.717, 1.165) is 17.1 Å². The number of hydrogen-bond donors (Lipinski definition) is 1. The minimum Gasteiger partial charge on any atom is -0.315 e. The molecule has 1 N–H and O–H groups in total. The van der Waals surface area contributed by atoms with Crippen LogP contribution in [0.1, 0.15) is 17.1 Å². The Morgan fingerprint density at radius 1 is 1.18 bits per heavy atom. The Labute approximate surface area is 65.7 Å². The van der Waals surface area contributed by atoms with Gasteiger partial charge in [0, 0.05) is 13.8 Å². The standard InChI is InChI=1S/C8H12N2O/c1-5-6(2)10(4)7(3)8(11)9-5/h1-4H3/p+1. The fraction of sp³-hybridized carbons (Fsp3) is 0.500. The zero-order valence-electron chi connectivity index (χ0n) is 7.36. The van der Waals surface area contributed by atoms with E-state index >= 15 is 0 Å². The number of aromatic amines is 1. The molecule has 0 aliphatic rings. The second-order valence-corrected chi connectivity index (χ2v) is 2.81. The van der Waals surface area contributed by atoms with Gasteiger partial charge < -0.3 is 4.98 Å². The largest absolute Gasteiger partial charge is 0.315 e. The van der Waals surface area contributed by atoms with Gasteiger partial charge in [-0.15, -0.1) is 0 Å². The van der Waals surface area contributed by atoms with Crippen LogP contribution in [0.5, 0.6) is 0 Å². The molecule has 11 heavy (non-hydrogen) atoms. The maximum absolute atomic E-state index is 11.1. The van der Waals surface area contributed by atoms with Crippen LogP contribution in [-0.2, 0) is 7.05 Å². The third-order valence-corrected chi connectivity index (χ3v) is 2.18. The van der Waals surface area contributed by atoms with Crippen LogP contribution in [0.2, 0.25) is 0 Å². The molecule has 1 aromatic rings. The van der Waals surface area contributed by atoms with E-state index in [0.29, 0.717) is 0 Å². The van der Waals surface area contributed by atoms with Gasteiger partial charge in [-0.05, 0) is 6.92 Å². The van der Waals surface area contributed by atoms with Gasteiger partial charge in [-0.25, -0.2) is 0 Å². The Morgan fingerprint density at radius 2 is 1.73 bits per heavy atom. The van der Waals surface area contributed by atoms with Crippen molar-refractivity contribution in [1.29, 1.82) is 0 Å². The van der Waals surface area contributed by atoms with Crippen LogP contribution in [-0.4, -0.2) is 4.98 Å². The first-order valence-electron chi connectivity index (χ1n) is 3.60. The molecule has 0 saturated carbocycles. The van der Waals surface area contributed by atoms with E-state index in [1.54, 1.807) is 0 Å². The first kappa shape index (κ1) is 7.98. The first-order valence-corrected chi connectivity index (χ1v) is 3.60. The summed E-state index contributed by atoms with van der Waals surface area (Å²) in [6.45, 7) is 5.69. The van der Waals surface area contributed by atoms with Gasteiger partial charge in [0.15, 0.2) is 5.69 Å². The summed E-state index contributed by atoms with van der Waals surface area (Å²) in [7, 11) is 1.90. The van der Waals surface area contributed by atoms with Crippen molar-refractivity contribution in [3.8, 4) is 0 Å². The third-order valence-electron chi connectivity index (χ3n) is 2.18. The third kappa shape index (κ3) is 1.18. The Morgan fingerprint density at radius 3 is 2.27 bits per heavy atom. The molecule has 0 bridgehead atoms. The molecule has 1 rings (SSSR count). The minimum absolute atomic E-state index is 0.00407. The van der Waals surface area contributed by atoms with Crippen molar-refractivity contribution >= 4 is 0 Å². The zero-order valence-corrected chi connectivity index (χ0v) is 7.36. The average Bonchev–Trinajstić information content (AvgIpc) is 1.97. The van der Waals surface area contributed by atoms with Crippen LogP contribution >= 0.6 is 0 Å². The van der Waals surface area contributed by atoms with E-state index in [2.05, 4.69) is 4.98 Å². The summed E-state index contributed by atoms with van der Waals surface area (Å²) >= 11 is 0. The van der Waals surface area contributed by atoms with Crippen molar-refractivity contribution in [2.75, 3.05) is 0 Å². The van der Waals surface area contributed by atoms with Crippen LogP contribution in [0.15, 0.2) is 4.79 Å². The molecule has 0 saturated heterocycles. The van der Waals surface area contributed by atoms with Gasteiger partial charge in [0.1, 0.15) is 7.05 Å². The summed E-state index contributed by atoms with van der Waals surface area (Å²) in [6.07, 6.45) is 0. The van der Waals surface area contributed by atoms with E-state index in [1.807, 2.05) is 32.4 Å². The molecule has 1 heterocycles. The molecule has 3 nitrogen and oxygen atoms in total. The second-order valence-electron chi connectivity index (χ2n) is 2.81. The lowest BCUT2D eigenvalue weighted by Gasteiger charge is -1.99. The second kappa shape index (κ2) is 2.49. The van der Waals surface area contributed by atoms with Gasteiger partial charge in [-0.1, -0.05) is 0 Å². The molecule has 0 spiro atoms. The quantitative estimate of drug-likeness (QED) is 0.528. The lowest BCUT2D eigenvalue weighted by molar-refractivity contribution is -0.685. The van der Waals surface area contributed by atoms with Crippen LogP contribution in [0.3, 0.4) is 0 Å². The number of aromatic nitrogens is 2. The Kier molecular flexibility index (Phi) is 1.81. The molecule has 0 fully saturated rings. The smallest absolute Gasteiger partial charge is 0.315 e. The summed E-state index contributed by atoms with van der Waals surface area (Å²) in [5.41, 5.74) is 2.77. The molecule has 0 atom stereocenters. The molecule has 0 aliphatic carbocycles. The Hall–Kier alpha value is -1.12. The van der Waals surface area contributed by atoms with Gasteiger partial charge in [0.25, 0.3) is 0 Å². The van der Waals surface area contributed by atoms with E-state index < -0.39 is 0 Å². The van der Waals surface area contributed by atoms with Crippen molar-refractivity contribution in [1.82, 2.24) is 4.98 Å². The van der Waals surface area contributed by atoms with Crippen molar-refractivity contribution < 1.29 is 4.57 Å². The topological polar surface area (TPSA) is 36.7 Å². The fourth-order valence-corrected chi connectivity index (χ4v) is 1.01. The van der Waals surface area contributed by atoms with Crippen LogP contribution < -0.4 is 10.1 Å². The molecular formula is C8H13N2O+. The summed E-state index contributed by atoms with van der Waals surface area (Å²) in [5, 5.41) is 0. The first-order chi connectivity index (χ1) is 5.04. The molecule has 0 radical (unpaired) electrons. The monoisotopic (exact) mass is 153 g/mol. The molecule has 60 valence electrons. The highest BCUT2D eigenvalue weighted by atomic mass is 16.1. The van der Waals surface area contributed by atoms with Crippen LogP contribution in [0, 0.1) is 20.8 Å². The molecule has 3 heteroatoms. The van der Waals surface area contributed by atoms with Gasteiger partial charge in [0.2, 0.25) is 5.69 Å².